The van der Waals surface area contributed by atoms with Crippen molar-refractivity contribution < 1.29 is 13.2 Å². The van der Waals surface area contributed by atoms with E-state index < -0.39 is 21.3 Å². The molecule has 0 aromatic carbocycles. The minimum absolute atomic E-state index is 0.0164. The molecule has 1 aromatic heterocycles. The molecule has 1 saturated heterocycles. The minimum atomic E-state index is -3.04. The lowest BCUT2D eigenvalue weighted by Gasteiger charge is -2.26. The Hall–Kier alpha value is -1.83. The van der Waals surface area contributed by atoms with Crippen LogP contribution in [0.3, 0.4) is 0 Å². The lowest BCUT2D eigenvalue weighted by molar-refractivity contribution is 0.100. The molecule has 1 aliphatic heterocycles. The maximum Gasteiger partial charge on any atom is 0.250 e. The van der Waals surface area contributed by atoms with Crippen molar-refractivity contribution >= 4 is 27.2 Å². The largest absolute Gasteiger partial charge is 0.384 e. The summed E-state index contributed by atoms with van der Waals surface area (Å²) in [5.74, 6) is -0.308. The van der Waals surface area contributed by atoms with E-state index >= 15 is 0 Å². The zero-order valence-corrected chi connectivity index (χ0v) is 11.3. The molecule has 0 spiro atoms. The number of sulfone groups is 1. The molecule has 0 radical (unpaired) electrons. The Labute approximate surface area is 111 Å². The number of pyridine rings is 1. The summed E-state index contributed by atoms with van der Waals surface area (Å²) in [6.45, 7) is 1.79. The Bertz CT molecular complexity index is 629. The van der Waals surface area contributed by atoms with Crippen LogP contribution in [0.4, 0.5) is 11.5 Å². The van der Waals surface area contributed by atoms with Gasteiger partial charge in [-0.1, -0.05) is 0 Å². The van der Waals surface area contributed by atoms with Crippen molar-refractivity contribution in [1.29, 1.82) is 0 Å². The van der Waals surface area contributed by atoms with E-state index in [0.717, 1.165) is 0 Å². The first-order valence-corrected chi connectivity index (χ1v) is 7.57. The lowest BCUT2D eigenvalue weighted by atomic mass is 10.0. The second kappa shape index (κ2) is 4.37. The molecule has 8 heteroatoms. The van der Waals surface area contributed by atoms with E-state index in [2.05, 4.69) is 10.3 Å². The fourth-order valence-electron chi connectivity index (χ4n) is 2.21. The summed E-state index contributed by atoms with van der Waals surface area (Å²) in [7, 11) is -3.04. The van der Waals surface area contributed by atoms with Crippen molar-refractivity contribution in [3.05, 3.63) is 17.8 Å². The molecule has 2 rings (SSSR count). The summed E-state index contributed by atoms with van der Waals surface area (Å²) in [5, 5.41) is 3.05. The van der Waals surface area contributed by atoms with Gasteiger partial charge in [-0.05, 0) is 19.4 Å². The second-order valence-electron chi connectivity index (χ2n) is 5.05. The average molecular weight is 284 g/mol. The van der Waals surface area contributed by atoms with Crippen LogP contribution in [0.15, 0.2) is 12.3 Å². The quantitative estimate of drug-likeness (QED) is 0.702. The Balaban J connectivity index is 2.32. The van der Waals surface area contributed by atoms with Gasteiger partial charge in [0.05, 0.1) is 29.0 Å². The van der Waals surface area contributed by atoms with Gasteiger partial charge in [-0.3, -0.25) is 4.79 Å². The van der Waals surface area contributed by atoms with E-state index in [1.54, 1.807) is 6.92 Å². The highest BCUT2D eigenvalue weighted by atomic mass is 32.2. The number of hydrogen-bond donors (Lipinski definition) is 3. The maximum absolute atomic E-state index is 11.5. The monoisotopic (exact) mass is 284 g/mol. The molecule has 0 saturated carbocycles. The number of nitrogens with one attached hydrogen (secondary N) is 1. The molecule has 104 valence electrons. The minimum Gasteiger partial charge on any atom is -0.384 e. The molecule has 1 atom stereocenters. The molecular weight excluding hydrogens is 268 g/mol. The standard InChI is InChI=1S/C11H16N4O3S/c1-11(2-3-19(17,18)6-11)15-8-5-14-9(12)4-7(8)10(13)16/h4-5,15H,2-3,6H2,1H3,(H2,12,14)(H2,13,16). The Morgan fingerprint density at radius 1 is 1.53 bits per heavy atom. The normalized spacial score (nSPS) is 25.1. The van der Waals surface area contributed by atoms with Crippen LogP contribution in [0, 0.1) is 0 Å². The van der Waals surface area contributed by atoms with Gasteiger partial charge in [0, 0.05) is 5.54 Å². The number of nitrogens with zero attached hydrogens (tertiary/aromatic N) is 1. The van der Waals surface area contributed by atoms with Crippen LogP contribution in [0.5, 0.6) is 0 Å². The molecule has 1 aromatic rings. The van der Waals surface area contributed by atoms with Crippen LogP contribution < -0.4 is 16.8 Å². The van der Waals surface area contributed by atoms with Crippen LogP contribution in [0.2, 0.25) is 0 Å². The highest BCUT2D eigenvalue weighted by Crippen LogP contribution is 2.29. The Kier molecular flexibility index (Phi) is 3.13. The van der Waals surface area contributed by atoms with Crippen LogP contribution in [-0.2, 0) is 9.84 Å². The summed E-state index contributed by atoms with van der Waals surface area (Å²) in [6, 6.07) is 1.37. The van der Waals surface area contributed by atoms with Crippen molar-refractivity contribution in [1.82, 2.24) is 4.98 Å². The maximum atomic E-state index is 11.5. The predicted molar refractivity (Wildman–Crippen MR) is 72.5 cm³/mol. The number of carbonyl (C=O) groups excluding carboxylic acids is 1. The topological polar surface area (TPSA) is 128 Å². The van der Waals surface area contributed by atoms with Gasteiger partial charge in [0.25, 0.3) is 5.91 Å². The van der Waals surface area contributed by atoms with Crippen molar-refractivity contribution in [3.8, 4) is 0 Å². The fourth-order valence-corrected chi connectivity index (χ4v) is 4.30. The van der Waals surface area contributed by atoms with E-state index in [9.17, 15) is 13.2 Å². The number of aromatic nitrogens is 1. The number of anilines is 2. The van der Waals surface area contributed by atoms with Gasteiger partial charge in [-0.2, -0.15) is 0 Å². The van der Waals surface area contributed by atoms with Crippen LogP contribution in [-0.4, -0.2) is 36.4 Å². The molecule has 7 nitrogen and oxygen atoms in total. The molecule has 1 unspecified atom stereocenters. The number of nitrogens with two attached hydrogens (primary N) is 2. The van der Waals surface area contributed by atoms with Gasteiger partial charge in [-0.15, -0.1) is 0 Å². The van der Waals surface area contributed by atoms with Gasteiger partial charge in [0.15, 0.2) is 9.84 Å². The third-order valence-electron chi connectivity index (χ3n) is 3.13. The first-order valence-electron chi connectivity index (χ1n) is 5.75. The number of amides is 1. The van der Waals surface area contributed by atoms with Crippen LogP contribution >= 0.6 is 0 Å². The number of nitrogen functional groups attached to an aromatic ring is 1. The van der Waals surface area contributed by atoms with E-state index in [4.69, 9.17) is 11.5 Å². The number of rotatable bonds is 3. The van der Waals surface area contributed by atoms with Gasteiger partial charge < -0.3 is 16.8 Å². The smallest absolute Gasteiger partial charge is 0.250 e. The zero-order valence-electron chi connectivity index (χ0n) is 10.5. The van der Waals surface area contributed by atoms with Crippen molar-refractivity contribution in [2.24, 2.45) is 5.73 Å². The van der Waals surface area contributed by atoms with Crippen LogP contribution in [0.25, 0.3) is 0 Å². The highest BCUT2D eigenvalue weighted by molar-refractivity contribution is 7.91. The average Bonchev–Trinajstić information content (AvgIpc) is 2.55. The molecular formula is C11H16N4O3S. The van der Waals surface area contributed by atoms with Gasteiger partial charge >= 0.3 is 0 Å². The number of carbonyl (C=O) groups is 1. The highest BCUT2D eigenvalue weighted by Gasteiger charge is 2.38. The second-order valence-corrected chi connectivity index (χ2v) is 7.23. The van der Waals surface area contributed by atoms with Gasteiger partial charge in [0.2, 0.25) is 0 Å². The first kappa shape index (κ1) is 13.6. The van der Waals surface area contributed by atoms with E-state index in [-0.39, 0.29) is 22.9 Å². The molecule has 1 fully saturated rings. The molecule has 2 heterocycles. The molecule has 19 heavy (non-hydrogen) atoms. The summed E-state index contributed by atoms with van der Waals surface area (Å²) < 4.78 is 23.1. The predicted octanol–water partition coefficient (Wildman–Crippen LogP) is -0.248. The molecule has 0 bridgehead atoms. The summed E-state index contributed by atoms with van der Waals surface area (Å²) in [5.41, 5.74) is 10.8. The SMILES string of the molecule is CC1(Nc2cnc(N)cc2C(N)=O)CCS(=O)(=O)C1. The Morgan fingerprint density at radius 2 is 2.21 bits per heavy atom. The fraction of sp³-hybridized carbons (Fsp3) is 0.455. The lowest BCUT2D eigenvalue weighted by Crippen LogP contribution is -2.36. The van der Waals surface area contributed by atoms with E-state index in [1.807, 2.05) is 0 Å². The molecule has 1 amide bonds. The summed E-state index contributed by atoms with van der Waals surface area (Å²) in [6.07, 6.45) is 1.86. The zero-order chi connectivity index (χ0) is 14.3. The van der Waals surface area contributed by atoms with Gasteiger partial charge in [0.1, 0.15) is 5.82 Å². The third-order valence-corrected chi connectivity index (χ3v) is 5.03. The molecule has 5 N–H and O–H groups in total. The number of hydrogen-bond acceptors (Lipinski definition) is 6. The molecule has 0 aliphatic carbocycles. The van der Waals surface area contributed by atoms with Crippen LogP contribution in [0.1, 0.15) is 23.7 Å². The first-order chi connectivity index (χ1) is 8.71. The molecule has 1 aliphatic rings. The van der Waals surface area contributed by atoms with E-state index in [1.165, 1.54) is 12.3 Å². The van der Waals surface area contributed by atoms with E-state index in [0.29, 0.717) is 12.1 Å². The van der Waals surface area contributed by atoms with Crippen molar-refractivity contribution in [3.63, 3.8) is 0 Å². The number of primary amides is 1. The Morgan fingerprint density at radius 3 is 2.74 bits per heavy atom. The summed E-state index contributed by atoms with van der Waals surface area (Å²) in [4.78, 5) is 15.2. The van der Waals surface area contributed by atoms with Gasteiger partial charge in [-0.25, -0.2) is 13.4 Å². The van der Waals surface area contributed by atoms with Crippen molar-refractivity contribution in [2.45, 2.75) is 18.9 Å². The van der Waals surface area contributed by atoms with Crippen molar-refractivity contribution in [2.75, 3.05) is 22.6 Å². The third kappa shape index (κ3) is 2.95. The summed E-state index contributed by atoms with van der Waals surface area (Å²) >= 11 is 0.